The Labute approximate surface area is 207 Å². The zero-order valence-electron chi connectivity index (χ0n) is 19.8. The first-order chi connectivity index (χ1) is 17.4. The molecule has 0 saturated carbocycles. The third-order valence-electron chi connectivity index (χ3n) is 4.83. The highest BCUT2D eigenvalue weighted by atomic mass is 16.7. The van der Waals surface area contributed by atoms with Crippen LogP contribution in [0.4, 0.5) is 33.5 Å². The summed E-state index contributed by atoms with van der Waals surface area (Å²) in [5.74, 6) is 0.452. The van der Waals surface area contributed by atoms with Crippen molar-refractivity contribution in [1.29, 1.82) is 0 Å². The Kier molecular flexibility index (Phi) is 9.26. The number of carbonyl (C=O) groups is 2. The summed E-state index contributed by atoms with van der Waals surface area (Å²) < 4.78 is 10.8. The number of para-hydroxylation sites is 2. The molecule has 0 spiro atoms. The number of pyridine rings is 1. The van der Waals surface area contributed by atoms with Crippen LogP contribution in [0.1, 0.15) is 5.56 Å². The second kappa shape index (κ2) is 12.8. The van der Waals surface area contributed by atoms with Crippen LogP contribution in [0, 0.1) is 0 Å². The number of aliphatic hydroxyl groups is 1. The summed E-state index contributed by atoms with van der Waals surface area (Å²) in [7, 11) is 3.20. The number of ether oxygens (including phenoxy) is 2. The second-order valence-corrected chi connectivity index (χ2v) is 7.37. The quantitative estimate of drug-likeness (QED) is 0.247. The average Bonchev–Trinajstić information content (AvgIpc) is 2.88. The molecular weight excluding hydrogens is 466 g/mol. The van der Waals surface area contributed by atoms with Crippen molar-refractivity contribution in [3.63, 3.8) is 0 Å². The predicted octanol–water partition coefficient (Wildman–Crippen LogP) is 3.34. The maximum absolute atomic E-state index is 12.4. The molecule has 0 bridgehead atoms. The first-order valence-electron chi connectivity index (χ1n) is 10.9. The van der Waals surface area contributed by atoms with Gasteiger partial charge in [-0.15, -0.1) is 10.2 Å². The lowest BCUT2D eigenvalue weighted by Gasteiger charge is -2.19. The molecule has 0 atom stereocenters. The molecule has 0 aliphatic heterocycles. The van der Waals surface area contributed by atoms with Gasteiger partial charge in [0, 0.05) is 12.6 Å². The molecule has 0 fully saturated rings. The molecule has 12 nitrogen and oxygen atoms in total. The number of aliphatic hydroxyl groups excluding tert-OH is 1. The van der Waals surface area contributed by atoms with E-state index in [9.17, 15) is 14.7 Å². The number of anilines is 3. The molecular formula is C24H27N7O5. The lowest BCUT2D eigenvalue weighted by molar-refractivity contribution is -0.115. The third kappa shape index (κ3) is 6.98. The standard InChI is InChI=1S/C24H27N7O5/c1-26-13-22(33)27-21-12-11-18(23(25)28-21)30-29-17-8-4-6-10-20(17)35-15-36-24(34)31(2)19-9-5-3-7-16(19)14-32/h3-12,26,32H,13-15H2,1-2H3,(H3,25,27,28,33)/b30-29+. The van der Waals surface area contributed by atoms with Gasteiger partial charge >= 0.3 is 6.09 Å². The first-order valence-corrected chi connectivity index (χ1v) is 10.9. The minimum atomic E-state index is -0.657. The van der Waals surface area contributed by atoms with Gasteiger partial charge in [-0.1, -0.05) is 30.3 Å². The highest BCUT2D eigenvalue weighted by molar-refractivity contribution is 5.91. The Morgan fingerprint density at radius 3 is 2.53 bits per heavy atom. The van der Waals surface area contributed by atoms with Gasteiger partial charge in [0.25, 0.3) is 0 Å². The number of likely N-dealkylation sites (N-methyl/N-ethyl adjacent to an activating group) is 1. The Morgan fingerprint density at radius 2 is 1.78 bits per heavy atom. The lowest BCUT2D eigenvalue weighted by Crippen LogP contribution is -2.29. The highest BCUT2D eigenvalue weighted by Crippen LogP contribution is 2.30. The van der Waals surface area contributed by atoms with Gasteiger partial charge < -0.3 is 30.9 Å². The molecule has 36 heavy (non-hydrogen) atoms. The van der Waals surface area contributed by atoms with Gasteiger partial charge in [-0.3, -0.25) is 9.69 Å². The summed E-state index contributed by atoms with van der Waals surface area (Å²) in [6.07, 6.45) is -0.657. The fraction of sp³-hybridized carbons (Fsp3) is 0.208. The van der Waals surface area contributed by atoms with E-state index in [1.807, 2.05) is 0 Å². The van der Waals surface area contributed by atoms with Crippen LogP contribution < -0.4 is 26.0 Å². The Morgan fingerprint density at radius 1 is 1.06 bits per heavy atom. The molecule has 0 aliphatic carbocycles. The highest BCUT2D eigenvalue weighted by Gasteiger charge is 2.16. The number of benzene rings is 2. The molecule has 2 aromatic carbocycles. The largest absolute Gasteiger partial charge is 0.455 e. The van der Waals surface area contributed by atoms with Crippen molar-refractivity contribution in [2.24, 2.45) is 10.2 Å². The summed E-state index contributed by atoms with van der Waals surface area (Å²) in [6, 6.07) is 16.9. The molecule has 12 heteroatoms. The van der Waals surface area contributed by atoms with Crippen LogP contribution >= 0.6 is 0 Å². The van der Waals surface area contributed by atoms with Crippen molar-refractivity contribution in [2.45, 2.75) is 6.61 Å². The number of nitrogen functional groups attached to an aromatic ring is 1. The van der Waals surface area contributed by atoms with Gasteiger partial charge in [0.1, 0.15) is 17.2 Å². The fourth-order valence-corrected chi connectivity index (χ4v) is 3.05. The molecule has 2 amide bonds. The Bertz CT molecular complexity index is 1230. The van der Waals surface area contributed by atoms with Crippen molar-refractivity contribution in [3.8, 4) is 5.75 Å². The molecule has 0 unspecified atom stereocenters. The van der Waals surface area contributed by atoms with E-state index in [0.717, 1.165) is 0 Å². The molecule has 1 aromatic heterocycles. The summed E-state index contributed by atoms with van der Waals surface area (Å²) in [5.41, 5.74) is 7.73. The fourth-order valence-electron chi connectivity index (χ4n) is 3.05. The summed E-state index contributed by atoms with van der Waals surface area (Å²) in [6.45, 7) is -0.445. The van der Waals surface area contributed by atoms with Gasteiger partial charge in [0.15, 0.2) is 11.6 Å². The zero-order chi connectivity index (χ0) is 25.9. The first kappa shape index (κ1) is 26.1. The van der Waals surface area contributed by atoms with E-state index in [1.54, 1.807) is 67.7 Å². The van der Waals surface area contributed by atoms with Crippen LogP contribution in [-0.4, -0.2) is 49.5 Å². The lowest BCUT2D eigenvalue weighted by atomic mass is 10.2. The topological polar surface area (TPSA) is 164 Å². The smallest absolute Gasteiger partial charge is 0.416 e. The van der Waals surface area contributed by atoms with E-state index >= 15 is 0 Å². The van der Waals surface area contributed by atoms with Crippen LogP contribution in [0.15, 0.2) is 70.9 Å². The van der Waals surface area contributed by atoms with Gasteiger partial charge in [-0.05, 0) is 37.4 Å². The minimum Gasteiger partial charge on any atom is -0.455 e. The molecule has 5 N–H and O–H groups in total. The number of aromatic nitrogens is 1. The molecule has 0 radical (unpaired) electrons. The van der Waals surface area contributed by atoms with Crippen molar-refractivity contribution in [2.75, 3.05) is 43.4 Å². The number of nitrogens with zero attached hydrogens (tertiary/aromatic N) is 4. The summed E-state index contributed by atoms with van der Waals surface area (Å²) in [4.78, 5) is 29.5. The Hall–Kier alpha value is -4.55. The Balaban J connectivity index is 1.62. The van der Waals surface area contributed by atoms with Crippen molar-refractivity contribution in [3.05, 3.63) is 66.2 Å². The number of nitrogens with two attached hydrogens (primary N) is 1. The molecule has 3 aromatic rings. The number of carbonyl (C=O) groups excluding carboxylic acids is 2. The van der Waals surface area contributed by atoms with Crippen LogP contribution in [0.3, 0.4) is 0 Å². The van der Waals surface area contributed by atoms with Gasteiger partial charge in [-0.25, -0.2) is 9.78 Å². The van der Waals surface area contributed by atoms with Gasteiger partial charge in [0.2, 0.25) is 12.7 Å². The van der Waals surface area contributed by atoms with Crippen LogP contribution in [0.2, 0.25) is 0 Å². The van der Waals surface area contributed by atoms with E-state index in [0.29, 0.717) is 34.2 Å². The SMILES string of the molecule is CNCC(=O)Nc1ccc(/N=N/c2ccccc2OCOC(=O)N(C)c2ccccc2CO)c(N)n1. The summed E-state index contributed by atoms with van der Waals surface area (Å²) >= 11 is 0. The van der Waals surface area contributed by atoms with E-state index in [-0.39, 0.29) is 31.7 Å². The van der Waals surface area contributed by atoms with Crippen molar-refractivity contribution >= 4 is 40.7 Å². The van der Waals surface area contributed by atoms with Crippen LogP contribution in [0.5, 0.6) is 5.75 Å². The number of rotatable bonds is 10. The van der Waals surface area contributed by atoms with E-state index in [4.69, 9.17) is 15.2 Å². The number of nitrogens with one attached hydrogen (secondary N) is 2. The maximum atomic E-state index is 12.4. The van der Waals surface area contributed by atoms with E-state index in [1.165, 1.54) is 11.9 Å². The molecule has 188 valence electrons. The third-order valence-corrected chi connectivity index (χ3v) is 4.83. The maximum Gasteiger partial charge on any atom is 0.416 e. The van der Waals surface area contributed by atoms with E-state index in [2.05, 4.69) is 25.8 Å². The number of hydrogen-bond acceptors (Lipinski definition) is 10. The number of hydrogen-bond donors (Lipinski definition) is 4. The number of azo groups is 1. The van der Waals surface area contributed by atoms with Crippen molar-refractivity contribution in [1.82, 2.24) is 10.3 Å². The van der Waals surface area contributed by atoms with Gasteiger partial charge in [-0.2, -0.15) is 0 Å². The molecule has 1 heterocycles. The van der Waals surface area contributed by atoms with Gasteiger partial charge in [0.05, 0.1) is 18.8 Å². The van der Waals surface area contributed by atoms with Crippen molar-refractivity contribution < 1.29 is 24.2 Å². The van der Waals surface area contributed by atoms with Crippen LogP contribution in [-0.2, 0) is 16.1 Å². The zero-order valence-corrected chi connectivity index (χ0v) is 19.8. The molecule has 3 rings (SSSR count). The normalized spacial score (nSPS) is 10.8. The number of amides is 2. The minimum absolute atomic E-state index is 0.0829. The second-order valence-electron chi connectivity index (χ2n) is 7.37. The average molecular weight is 494 g/mol. The summed E-state index contributed by atoms with van der Waals surface area (Å²) in [5, 5.41) is 23.1. The molecule has 0 aliphatic rings. The predicted molar refractivity (Wildman–Crippen MR) is 135 cm³/mol. The van der Waals surface area contributed by atoms with Crippen LogP contribution in [0.25, 0.3) is 0 Å². The van der Waals surface area contributed by atoms with E-state index < -0.39 is 6.09 Å². The monoisotopic (exact) mass is 493 g/mol. The molecule has 0 saturated heterocycles.